The van der Waals surface area contributed by atoms with Crippen molar-refractivity contribution in [1.29, 1.82) is 0 Å². The van der Waals surface area contributed by atoms with E-state index < -0.39 is 0 Å². The molecule has 0 aliphatic carbocycles. The second-order valence-electron chi connectivity index (χ2n) is 4.57. The minimum absolute atomic E-state index is 0.192. The third-order valence-corrected chi connectivity index (χ3v) is 3.61. The van der Waals surface area contributed by atoms with Crippen LogP contribution in [0, 0.1) is 6.92 Å². The molecule has 2 rings (SSSR count). The maximum Gasteiger partial charge on any atom is 0.265 e. The fourth-order valence-electron chi connectivity index (χ4n) is 1.64. The number of hydrogen-bond acceptors (Lipinski definition) is 3. The van der Waals surface area contributed by atoms with Crippen LogP contribution < -0.4 is 5.32 Å². The van der Waals surface area contributed by atoms with E-state index in [9.17, 15) is 4.79 Å². The van der Waals surface area contributed by atoms with Crippen molar-refractivity contribution in [3.8, 4) is 0 Å². The molecule has 4 nitrogen and oxygen atoms in total. The molecule has 0 radical (unpaired) electrons. The van der Waals surface area contributed by atoms with E-state index in [0.29, 0.717) is 21.3 Å². The van der Waals surface area contributed by atoms with E-state index in [0.717, 1.165) is 5.56 Å². The van der Waals surface area contributed by atoms with Crippen LogP contribution >= 0.6 is 23.2 Å². The second-order valence-corrected chi connectivity index (χ2v) is 5.35. The number of hydrogen-bond donors (Lipinski definition) is 1. The summed E-state index contributed by atoms with van der Waals surface area (Å²) in [5, 5.41) is 7.24. The second kappa shape index (κ2) is 7.82. The standard InChI is InChI=1S/C16H14Cl2N2O2/c1-11-5-7-13(8-6-11)20-15(21)10-22-19-9-12-3-2-4-14(17)16(12)18/h2-9H,10H2,1H3,(H,20,21)/b19-9-. The van der Waals surface area contributed by atoms with Gasteiger partial charge in [0.05, 0.1) is 16.3 Å². The Morgan fingerprint density at radius 2 is 1.95 bits per heavy atom. The summed E-state index contributed by atoms with van der Waals surface area (Å²) >= 11 is 11.9. The maximum absolute atomic E-state index is 11.7. The number of rotatable bonds is 5. The van der Waals surface area contributed by atoms with Crippen LogP contribution in [0.4, 0.5) is 5.69 Å². The van der Waals surface area contributed by atoms with Gasteiger partial charge in [-0.05, 0) is 25.1 Å². The van der Waals surface area contributed by atoms with Gasteiger partial charge in [0.2, 0.25) is 0 Å². The van der Waals surface area contributed by atoms with E-state index in [2.05, 4.69) is 10.5 Å². The van der Waals surface area contributed by atoms with Crippen molar-refractivity contribution in [2.45, 2.75) is 6.92 Å². The Bertz CT molecular complexity index is 685. The van der Waals surface area contributed by atoms with E-state index in [1.807, 2.05) is 31.2 Å². The molecule has 0 saturated carbocycles. The van der Waals surface area contributed by atoms with Crippen molar-refractivity contribution in [2.24, 2.45) is 5.16 Å². The quantitative estimate of drug-likeness (QED) is 0.654. The number of amides is 1. The highest BCUT2D eigenvalue weighted by Crippen LogP contribution is 2.24. The number of halogens is 2. The average Bonchev–Trinajstić information content (AvgIpc) is 2.50. The third kappa shape index (κ3) is 4.76. The fraction of sp³-hybridized carbons (Fsp3) is 0.125. The van der Waals surface area contributed by atoms with E-state index in [4.69, 9.17) is 28.0 Å². The summed E-state index contributed by atoms with van der Waals surface area (Å²) in [6.07, 6.45) is 1.41. The van der Waals surface area contributed by atoms with Crippen LogP contribution in [0.15, 0.2) is 47.6 Å². The van der Waals surface area contributed by atoms with Gasteiger partial charge in [-0.1, -0.05) is 58.2 Å². The van der Waals surface area contributed by atoms with Crippen LogP contribution in [0.1, 0.15) is 11.1 Å². The highest BCUT2D eigenvalue weighted by molar-refractivity contribution is 6.43. The number of oxime groups is 1. The topological polar surface area (TPSA) is 50.7 Å². The molecule has 22 heavy (non-hydrogen) atoms. The summed E-state index contributed by atoms with van der Waals surface area (Å²) in [5.74, 6) is -0.293. The molecule has 0 unspecified atom stereocenters. The molecule has 0 spiro atoms. The first-order valence-corrected chi connectivity index (χ1v) is 7.28. The molecule has 0 heterocycles. The highest BCUT2D eigenvalue weighted by atomic mass is 35.5. The Kier molecular flexibility index (Phi) is 5.81. The van der Waals surface area contributed by atoms with Gasteiger partial charge in [-0.2, -0.15) is 0 Å². The molecule has 114 valence electrons. The zero-order valence-corrected chi connectivity index (χ0v) is 13.4. The highest BCUT2D eigenvalue weighted by Gasteiger charge is 2.03. The van der Waals surface area contributed by atoms with Crippen LogP contribution in [0.2, 0.25) is 10.0 Å². The van der Waals surface area contributed by atoms with Gasteiger partial charge in [0, 0.05) is 11.3 Å². The Balaban J connectivity index is 1.83. The average molecular weight is 337 g/mol. The van der Waals surface area contributed by atoms with Crippen molar-refractivity contribution < 1.29 is 9.63 Å². The van der Waals surface area contributed by atoms with Gasteiger partial charge in [0.1, 0.15) is 0 Å². The fourth-order valence-corrected chi connectivity index (χ4v) is 2.00. The third-order valence-electron chi connectivity index (χ3n) is 2.78. The lowest BCUT2D eigenvalue weighted by Crippen LogP contribution is -2.16. The van der Waals surface area contributed by atoms with Crippen LogP contribution in [-0.4, -0.2) is 18.7 Å². The number of nitrogens with one attached hydrogen (secondary N) is 1. The number of aryl methyl sites for hydroxylation is 1. The minimum atomic E-state index is -0.293. The lowest BCUT2D eigenvalue weighted by atomic mass is 10.2. The van der Waals surface area contributed by atoms with Gasteiger partial charge in [-0.25, -0.2) is 0 Å². The first kappa shape index (κ1) is 16.3. The molecule has 0 bridgehead atoms. The molecule has 0 aromatic heterocycles. The number of carbonyl (C=O) groups is 1. The SMILES string of the molecule is Cc1ccc(NC(=O)CO/N=C\c2cccc(Cl)c2Cl)cc1. The molecule has 1 N–H and O–H groups in total. The van der Waals surface area contributed by atoms with E-state index >= 15 is 0 Å². The van der Waals surface area contributed by atoms with Crippen molar-refractivity contribution in [3.05, 3.63) is 63.6 Å². The molecule has 0 aliphatic heterocycles. The predicted octanol–water partition coefficient (Wildman–Crippen LogP) is 4.29. The van der Waals surface area contributed by atoms with Crippen LogP contribution in [0.5, 0.6) is 0 Å². The van der Waals surface area contributed by atoms with Crippen molar-refractivity contribution >= 4 is 41.0 Å². The monoisotopic (exact) mass is 336 g/mol. The van der Waals surface area contributed by atoms with Gasteiger partial charge >= 0.3 is 0 Å². The lowest BCUT2D eigenvalue weighted by molar-refractivity contribution is -0.120. The largest absolute Gasteiger partial charge is 0.386 e. The number of carbonyl (C=O) groups excluding carboxylic acids is 1. The first-order valence-electron chi connectivity index (χ1n) is 6.52. The smallest absolute Gasteiger partial charge is 0.265 e. The minimum Gasteiger partial charge on any atom is -0.386 e. The van der Waals surface area contributed by atoms with Crippen molar-refractivity contribution in [2.75, 3.05) is 11.9 Å². The van der Waals surface area contributed by atoms with Gasteiger partial charge in [0.15, 0.2) is 6.61 Å². The number of benzene rings is 2. The van der Waals surface area contributed by atoms with E-state index in [-0.39, 0.29) is 12.5 Å². The zero-order chi connectivity index (χ0) is 15.9. The summed E-state index contributed by atoms with van der Waals surface area (Å²) < 4.78 is 0. The summed E-state index contributed by atoms with van der Waals surface area (Å²) in [7, 11) is 0. The van der Waals surface area contributed by atoms with Gasteiger partial charge in [0.25, 0.3) is 5.91 Å². The number of anilines is 1. The van der Waals surface area contributed by atoms with Gasteiger partial charge < -0.3 is 10.2 Å². The Hall–Kier alpha value is -2.04. The molecule has 2 aromatic carbocycles. The molecule has 2 aromatic rings. The van der Waals surface area contributed by atoms with Gasteiger partial charge in [-0.3, -0.25) is 4.79 Å². The molecule has 0 atom stereocenters. The molecule has 6 heteroatoms. The van der Waals surface area contributed by atoms with Gasteiger partial charge in [-0.15, -0.1) is 0 Å². The Morgan fingerprint density at radius 3 is 2.68 bits per heavy atom. The van der Waals surface area contributed by atoms with Crippen LogP contribution in [-0.2, 0) is 9.63 Å². The Morgan fingerprint density at radius 1 is 1.23 bits per heavy atom. The molecule has 0 aliphatic rings. The van der Waals surface area contributed by atoms with E-state index in [1.54, 1.807) is 18.2 Å². The summed E-state index contributed by atoms with van der Waals surface area (Å²) in [4.78, 5) is 16.6. The predicted molar refractivity (Wildman–Crippen MR) is 89.8 cm³/mol. The molecular weight excluding hydrogens is 323 g/mol. The van der Waals surface area contributed by atoms with Crippen LogP contribution in [0.3, 0.4) is 0 Å². The first-order chi connectivity index (χ1) is 10.6. The molecule has 0 fully saturated rings. The van der Waals surface area contributed by atoms with E-state index in [1.165, 1.54) is 6.21 Å². The maximum atomic E-state index is 11.7. The Labute approximate surface area is 138 Å². The zero-order valence-electron chi connectivity index (χ0n) is 11.8. The molecular formula is C16H14Cl2N2O2. The summed E-state index contributed by atoms with van der Waals surface area (Å²) in [5.41, 5.74) is 2.45. The molecule has 0 saturated heterocycles. The van der Waals surface area contributed by atoms with Crippen LogP contribution in [0.25, 0.3) is 0 Å². The van der Waals surface area contributed by atoms with Crippen molar-refractivity contribution in [1.82, 2.24) is 0 Å². The molecule has 1 amide bonds. The number of nitrogens with zero attached hydrogens (tertiary/aromatic N) is 1. The summed E-state index contributed by atoms with van der Waals surface area (Å²) in [6.45, 7) is 1.78. The normalized spacial score (nSPS) is 10.7. The summed E-state index contributed by atoms with van der Waals surface area (Å²) in [6, 6.07) is 12.6. The lowest BCUT2D eigenvalue weighted by Gasteiger charge is -2.04. The van der Waals surface area contributed by atoms with Crippen molar-refractivity contribution in [3.63, 3.8) is 0 Å².